The molecular formula is C24H30FN3O6S. The van der Waals surface area contributed by atoms with E-state index in [0.29, 0.717) is 19.4 Å². The van der Waals surface area contributed by atoms with E-state index in [1.54, 1.807) is 33.8 Å². The monoisotopic (exact) mass is 507 g/mol. The molecule has 1 aliphatic heterocycles. The van der Waals surface area contributed by atoms with Crippen LogP contribution in [0.15, 0.2) is 47.4 Å². The Kier molecular flexibility index (Phi) is 7.59. The lowest BCUT2D eigenvalue weighted by molar-refractivity contribution is -0.120. The van der Waals surface area contributed by atoms with Crippen LogP contribution in [-0.4, -0.2) is 50.3 Å². The molecule has 2 aromatic rings. The molecule has 0 spiro atoms. The summed E-state index contributed by atoms with van der Waals surface area (Å²) in [5.41, 5.74) is -0.340. The van der Waals surface area contributed by atoms with Crippen LogP contribution >= 0.6 is 0 Å². The Labute approximate surface area is 204 Å². The van der Waals surface area contributed by atoms with Gasteiger partial charge in [0.25, 0.3) is 10.0 Å². The third-order valence-corrected chi connectivity index (χ3v) is 7.30. The largest absolute Gasteiger partial charge is 0.486 e. The number of carbonyl (C=O) groups is 2. The Balaban J connectivity index is 2.05. The Morgan fingerprint density at radius 1 is 1.20 bits per heavy atom. The Morgan fingerprint density at radius 2 is 1.86 bits per heavy atom. The summed E-state index contributed by atoms with van der Waals surface area (Å²) in [7, 11) is -4.14. The van der Waals surface area contributed by atoms with Crippen LogP contribution in [0.2, 0.25) is 0 Å². The number of hydrogen-bond acceptors (Lipinski definition) is 5. The third kappa shape index (κ3) is 5.84. The van der Waals surface area contributed by atoms with Gasteiger partial charge in [0.2, 0.25) is 5.91 Å². The molecule has 0 unspecified atom stereocenters. The highest BCUT2D eigenvalue weighted by atomic mass is 32.2. The number of carboxylic acid groups (broad SMARTS) is 1. The first-order valence-corrected chi connectivity index (χ1v) is 12.7. The van der Waals surface area contributed by atoms with Gasteiger partial charge in [-0.3, -0.25) is 14.0 Å². The molecule has 2 amide bonds. The molecule has 190 valence electrons. The average Bonchev–Trinajstić information content (AvgIpc) is 2.77. The van der Waals surface area contributed by atoms with Gasteiger partial charge >= 0.3 is 6.09 Å². The summed E-state index contributed by atoms with van der Waals surface area (Å²) >= 11 is 0. The van der Waals surface area contributed by atoms with Crippen molar-refractivity contribution in [3.8, 4) is 5.75 Å². The number of benzene rings is 2. The first kappa shape index (κ1) is 26.3. The SMILES string of the molecule is CCC(=O)NCC[C@H]1CN(S(=O)(=O)c2ccc(F)cc2)c2cc(N(C(=O)O)C(C)(C)C)ccc2O1. The zero-order valence-electron chi connectivity index (χ0n) is 20.1. The molecule has 35 heavy (non-hydrogen) atoms. The van der Waals surface area contributed by atoms with E-state index in [4.69, 9.17) is 4.74 Å². The van der Waals surface area contributed by atoms with Crippen molar-refractivity contribution in [2.75, 3.05) is 22.3 Å². The smallest absolute Gasteiger partial charge is 0.412 e. The van der Waals surface area contributed by atoms with Crippen molar-refractivity contribution in [2.24, 2.45) is 0 Å². The standard InChI is InChI=1S/C24H30FN3O6S/c1-5-22(29)26-13-12-18-15-27(35(32,33)19-9-6-16(25)7-10-19)20-14-17(8-11-21(20)34-18)28(23(30)31)24(2,3)4/h6-11,14,18H,5,12-13,15H2,1-4H3,(H,26,29)(H,30,31)/t18-/m0/s1. The van der Waals surface area contributed by atoms with Crippen molar-refractivity contribution in [1.29, 1.82) is 0 Å². The van der Waals surface area contributed by atoms with Gasteiger partial charge < -0.3 is 15.2 Å². The predicted molar refractivity (Wildman–Crippen MR) is 130 cm³/mol. The Bertz CT molecular complexity index is 1190. The topological polar surface area (TPSA) is 116 Å². The summed E-state index contributed by atoms with van der Waals surface area (Å²) < 4.78 is 47.8. The summed E-state index contributed by atoms with van der Waals surface area (Å²) in [6.45, 7) is 7.14. The van der Waals surface area contributed by atoms with E-state index in [-0.39, 0.29) is 34.5 Å². The van der Waals surface area contributed by atoms with Gasteiger partial charge in [-0.05, 0) is 63.2 Å². The molecule has 9 nitrogen and oxygen atoms in total. The molecule has 3 rings (SSSR count). The number of anilines is 2. The summed E-state index contributed by atoms with van der Waals surface area (Å²) in [5.74, 6) is -0.435. The molecule has 1 atom stereocenters. The molecule has 0 fully saturated rings. The van der Waals surface area contributed by atoms with Gasteiger partial charge in [0.15, 0.2) is 0 Å². The molecule has 0 aromatic heterocycles. The van der Waals surface area contributed by atoms with Gasteiger partial charge in [-0.2, -0.15) is 0 Å². The minimum absolute atomic E-state index is 0.0687. The van der Waals surface area contributed by atoms with Gasteiger partial charge in [0.1, 0.15) is 17.7 Å². The summed E-state index contributed by atoms with van der Waals surface area (Å²) in [5, 5.41) is 12.5. The highest BCUT2D eigenvalue weighted by Crippen LogP contribution is 2.41. The van der Waals surface area contributed by atoms with E-state index in [1.807, 2.05) is 0 Å². The van der Waals surface area contributed by atoms with Gasteiger partial charge in [-0.1, -0.05) is 6.92 Å². The Hall–Kier alpha value is -3.34. The van der Waals surface area contributed by atoms with Crippen LogP contribution in [0.4, 0.5) is 20.6 Å². The molecule has 2 aromatic carbocycles. The molecule has 0 saturated heterocycles. The van der Waals surface area contributed by atoms with Crippen LogP contribution in [0, 0.1) is 5.82 Å². The number of rotatable bonds is 7. The molecule has 1 aliphatic rings. The maximum absolute atomic E-state index is 13.6. The van der Waals surface area contributed by atoms with Crippen molar-refractivity contribution in [1.82, 2.24) is 5.32 Å². The molecule has 0 radical (unpaired) electrons. The molecule has 2 N–H and O–H groups in total. The van der Waals surface area contributed by atoms with Crippen molar-refractivity contribution in [3.05, 3.63) is 48.3 Å². The van der Waals surface area contributed by atoms with Crippen molar-refractivity contribution in [2.45, 2.75) is 57.1 Å². The summed E-state index contributed by atoms with van der Waals surface area (Å²) in [4.78, 5) is 24.6. The second kappa shape index (κ2) is 10.1. The van der Waals surface area contributed by atoms with Gasteiger partial charge in [0.05, 0.1) is 22.8 Å². The lowest BCUT2D eigenvalue weighted by Gasteiger charge is -2.38. The molecule has 0 bridgehead atoms. The molecule has 1 heterocycles. The number of sulfonamides is 1. The van der Waals surface area contributed by atoms with E-state index in [2.05, 4.69) is 5.32 Å². The van der Waals surface area contributed by atoms with Crippen molar-refractivity contribution in [3.63, 3.8) is 0 Å². The van der Waals surface area contributed by atoms with E-state index < -0.39 is 33.6 Å². The van der Waals surface area contributed by atoms with Gasteiger partial charge in [-0.15, -0.1) is 0 Å². The third-order valence-electron chi connectivity index (χ3n) is 5.51. The summed E-state index contributed by atoms with van der Waals surface area (Å²) in [6.07, 6.45) is -1.08. The van der Waals surface area contributed by atoms with Crippen LogP contribution in [0.3, 0.4) is 0 Å². The fraction of sp³-hybridized carbons (Fsp3) is 0.417. The summed E-state index contributed by atoms with van der Waals surface area (Å²) in [6, 6.07) is 9.05. The van der Waals surface area contributed by atoms with E-state index in [9.17, 15) is 27.5 Å². The van der Waals surface area contributed by atoms with Crippen LogP contribution in [0.5, 0.6) is 5.75 Å². The Morgan fingerprint density at radius 3 is 2.43 bits per heavy atom. The first-order valence-electron chi connectivity index (χ1n) is 11.2. The van der Waals surface area contributed by atoms with Crippen LogP contribution in [-0.2, 0) is 14.8 Å². The number of halogens is 1. The van der Waals surface area contributed by atoms with Crippen LogP contribution < -0.4 is 19.3 Å². The maximum atomic E-state index is 13.6. The highest BCUT2D eigenvalue weighted by Gasteiger charge is 2.36. The number of amides is 2. The number of nitrogens with zero attached hydrogens (tertiary/aromatic N) is 2. The average molecular weight is 508 g/mol. The van der Waals surface area contributed by atoms with Crippen molar-refractivity contribution >= 4 is 33.4 Å². The van der Waals surface area contributed by atoms with E-state index in [1.165, 1.54) is 24.3 Å². The van der Waals surface area contributed by atoms with E-state index >= 15 is 0 Å². The molecule has 0 saturated carbocycles. The van der Waals surface area contributed by atoms with Crippen LogP contribution in [0.1, 0.15) is 40.5 Å². The fourth-order valence-electron chi connectivity index (χ4n) is 3.83. The van der Waals surface area contributed by atoms with Gasteiger partial charge in [-0.25, -0.2) is 17.6 Å². The second-order valence-corrected chi connectivity index (χ2v) is 11.0. The lowest BCUT2D eigenvalue weighted by Crippen LogP contribution is -2.46. The number of fused-ring (bicyclic) bond motifs is 1. The zero-order chi connectivity index (χ0) is 26.0. The first-order chi connectivity index (χ1) is 16.3. The van der Waals surface area contributed by atoms with Gasteiger partial charge in [0, 0.05) is 24.9 Å². The molecule has 0 aliphatic carbocycles. The quantitative estimate of drug-likeness (QED) is 0.586. The van der Waals surface area contributed by atoms with E-state index in [0.717, 1.165) is 21.3 Å². The molecule has 11 heteroatoms. The number of ether oxygens (including phenoxy) is 1. The number of hydrogen-bond donors (Lipinski definition) is 2. The molecular weight excluding hydrogens is 477 g/mol. The fourth-order valence-corrected chi connectivity index (χ4v) is 5.33. The minimum Gasteiger partial charge on any atom is -0.486 e. The highest BCUT2D eigenvalue weighted by molar-refractivity contribution is 7.92. The van der Waals surface area contributed by atoms with Crippen molar-refractivity contribution < 1.29 is 32.2 Å². The lowest BCUT2D eigenvalue weighted by atomic mass is 10.0. The number of carbonyl (C=O) groups excluding carboxylic acids is 1. The zero-order valence-corrected chi connectivity index (χ0v) is 20.9. The van der Waals surface area contributed by atoms with Crippen LogP contribution in [0.25, 0.3) is 0 Å². The number of nitrogens with one attached hydrogen (secondary N) is 1. The maximum Gasteiger partial charge on any atom is 0.412 e. The second-order valence-electron chi connectivity index (χ2n) is 9.16. The minimum atomic E-state index is -4.14. The normalized spacial score (nSPS) is 15.7. The predicted octanol–water partition coefficient (Wildman–Crippen LogP) is 3.98.